The van der Waals surface area contributed by atoms with Crippen LogP contribution in [0.4, 0.5) is 5.69 Å². The van der Waals surface area contributed by atoms with Crippen molar-refractivity contribution in [1.29, 1.82) is 0 Å². The Kier molecular flexibility index (Phi) is 3.46. The molecule has 17 heavy (non-hydrogen) atoms. The number of anilines is 1. The van der Waals surface area contributed by atoms with E-state index in [4.69, 9.17) is 5.73 Å². The van der Waals surface area contributed by atoms with Crippen LogP contribution in [0.1, 0.15) is 15.5 Å². The fourth-order valence-electron chi connectivity index (χ4n) is 1.36. The first kappa shape index (κ1) is 11.7. The summed E-state index contributed by atoms with van der Waals surface area (Å²) in [4.78, 5) is 21.7. The van der Waals surface area contributed by atoms with Crippen LogP contribution in [-0.4, -0.2) is 22.9 Å². The molecule has 2 N–H and O–H groups in total. The Morgan fingerprint density at radius 2 is 2.18 bits per heavy atom. The minimum Gasteiger partial charge on any atom is -0.325 e. The Morgan fingerprint density at radius 1 is 1.47 bits per heavy atom. The molecule has 2 aromatic heterocycles. The van der Waals surface area contributed by atoms with Crippen LogP contribution < -0.4 is 10.6 Å². The van der Waals surface area contributed by atoms with Gasteiger partial charge in [0.1, 0.15) is 10.7 Å². The van der Waals surface area contributed by atoms with Crippen LogP contribution in [0.3, 0.4) is 0 Å². The Labute approximate surface area is 103 Å². The van der Waals surface area contributed by atoms with Crippen molar-refractivity contribution in [2.45, 2.75) is 6.54 Å². The number of hydrogen-bond donors (Lipinski definition) is 1. The SMILES string of the molecule is CN(C(=O)c1csc(CN)n1)c1ccncc1. The molecule has 2 heterocycles. The average Bonchev–Trinajstić information content (AvgIpc) is 2.87. The fourth-order valence-corrected chi connectivity index (χ4v) is 2.01. The predicted molar refractivity (Wildman–Crippen MR) is 67.0 cm³/mol. The van der Waals surface area contributed by atoms with Crippen LogP contribution in [0.15, 0.2) is 29.9 Å². The summed E-state index contributed by atoms with van der Waals surface area (Å²) < 4.78 is 0. The van der Waals surface area contributed by atoms with Crippen LogP contribution >= 0.6 is 11.3 Å². The van der Waals surface area contributed by atoms with Gasteiger partial charge in [-0.25, -0.2) is 4.98 Å². The lowest BCUT2D eigenvalue weighted by molar-refractivity contribution is 0.0989. The number of nitrogens with zero attached hydrogens (tertiary/aromatic N) is 3. The van der Waals surface area contributed by atoms with Crippen LogP contribution in [-0.2, 0) is 6.54 Å². The molecule has 0 saturated heterocycles. The molecule has 6 heteroatoms. The summed E-state index contributed by atoms with van der Waals surface area (Å²) in [7, 11) is 1.71. The first-order valence-corrected chi connectivity index (χ1v) is 5.93. The van der Waals surface area contributed by atoms with Gasteiger partial charge >= 0.3 is 0 Å². The topological polar surface area (TPSA) is 72.1 Å². The molecule has 1 amide bonds. The molecule has 0 aliphatic carbocycles. The maximum Gasteiger partial charge on any atom is 0.277 e. The molecular weight excluding hydrogens is 236 g/mol. The zero-order chi connectivity index (χ0) is 12.3. The number of amides is 1. The van der Waals surface area contributed by atoms with Gasteiger partial charge in [-0.1, -0.05) is 0 Å². The van der Waals surface area contributed by atoms with Gasteiger partial charge in [-0.15, -0.1) is 11.3 Å². The fraction of sp³-hybridized carbons (Fsp3) is 0.182. The van der Waals surface area contributed by atoms with Gasteiger partial charge in [0, 0.05) is 37.1 Å². The van der Waals surface area contributed by atoms with E-state index in [-0.39, 0.29) is 5.91 Å². The van der Waals surface area contributed by atoms with E-state index in [9.17, 15) is 4.79 Å². The standard InChI is InChI=1S/C11H12N4OS/c1-15(8-2-4-13-5-3-8)11(16)9-7-17-10(6-12)14-9/h2-5,7H,6,12H2,1H3. The lowest BCUT2D eigenvalue weighted by Crippen LogP contribution is -2.26. The van der Waals surface area contributed by atoms with Gasteiger partial charge in [-0.05, 0) is 12.1 Å². The van der Waals surface area contributed by atoms with Crippen molar-refractivity contribution in [2.24, 2.45) is 5.73 Å². The second kappa shape index (κ2) is 5.03. The van der Waals surface area contributed by atoms with Crippen LogP contribution in [0.5, 0.6) is 0 Å². The van der Waals surface area contributed by atoms with Gasteiger partial charge < -0.3 is 10.6 Å². The van der Waals surface area contributed by atoms with Crippen LogP contribution in [0.25, 0.3) is 0 Å². The van der Waals surface area contributed by atoms with E-state index >= 15 is 0 Å². The number of pyridine rings is 1. The monoisotopic (exact) mass is 248 g/mol. The second-order valence-corrected chi connectivity index (χ2v) is 4.34. The summed E-state index contributed by atoms with van der Waals surface area (Å²) >= 11 is 1.39. The summed E-state index contributed by atoms with van der Waals surface area (Å²) in [6.07, 6.45) is 3.29. The minimum atomic E-state index is -0.146. The second-order valence-electron chi connectivity index (χ2n) is 3.40. The quantitative estimate of drug-likeness (QED) is 0.888. The highest BCUT2D eigenvalue weighted by atomic mass is 32.1. The van der Waals surface area contributed by atoms with Gasteiger partial charge in [0.15, 0.2) is 0 Å². The molecule has 0 aliphatic heterocycles. The third-order valence-corrected chi connectivity index (χ3v) is 3.17. The summed E-state index contributed by atoms with van der Waals surface area (Å²) in [6.45, 7) is 0.358. The lowest BCUT2D eigenvalue weighted by Gasteiger charge is -2.15. The van der Waals surface area contributed by atoms with Crippen LogP contribution in [0, 0.1) is 0 Å². The van der Waals surface area contributed by atoms with E-state index in [0.29, 0.717) is 12.2 Å². The van der Waals surface area contributed by atoms with E-state index in [0.717, 1.165) is 10.7 Å². The molecule has 2 rings (SSSR count). The first-order valence-electron chi connectivity index (χ1n) is 5.05. The third-order valence-electron chi connectivity index (χ3n) is 2.30. The summed E-state index contributed by atoms with van der Waals surface area (Å²) in [5.41, 5.74) is 6.68. The van der Waals surface area contributed by atoms with Crippen molar-refractivity contribution in [3.8, 4) is 0 Å². The molecule has 0 aromatic carbocycles. The zero-order valence-electron chi connectivity index (χ0n) is 9.33. The van der Waals surface area contributed by atoms with E-state index in [2.05, 4.69) is 9.97 Å². The smallest absolute Gasteiger partial charge is 0.277 e. The Morgan fingerprint density at radius 3 is 2.76 bits per heavy atom. The molecule has 88 valence electrons. The largest absolute Gasteiger partial charge is 0.325 e. The van der Waals surface area contributed by atoms with Crippen LogP contribution in [0.2, 0.25) is 0 Å². The molecular formula is C11H12N4OS. The molecule has 0 saturated carbocycles. The predicted octanol–water partition coefficient (Wildman–Crippen LogP) is 1.27. The summed E-state index contributed by atoms with van der Waals surface area (Å²) in [6, 6.07) is 3.54. The normalized spacial score (nSPS) is 10.2. The maximum absolute atomic E-state index is 12.1. The van der Waals surface area contributed by atoms with Crippen molar-refractivity contribution in [1.82, 2.24) is 9.97 Å². The number of carbonyl (C=O) groups is 1. The molecule has 0 bridgehead atoms. The minimum absolute atomic E-state index is 0.146. The van der Waals surface area contributed by atoms with Gasteiger partial charge in [0.2, 0.25) is 0 Å². The van der Waals surface area contributed by atoms with E-state index in [1.54, 1.807) is 37.0 Å². The van der Waals surface area contributed by atoms with Gasteiger partial charge in [-0.3, -0.25) is 9.78 Å². The van der Waals surface area contributed by atoms with E-state index < -0.39 is 0 Å². The van der Waals surface area contributed by atoms with Crippen molar-refractivity contribution >= 4 is 22.9 Å². The maximum atomic E-state index is 12.1. The lowest BCUT2D eigenvalue weighted by atomic mass is 10.3. The Bertz CT molecular complexity index is 511. The molecule has 0 radical (unpaired) electrons. The van der Waals surface area contributed by atoms with Crippen molar-refractivity contribution in [3.63, 3.8) is 0 Å². The molecule has 0 atom stereocenters. The number of thiazole rings is 1. The highest BCUT2D eigenvalue weighted by Gasteiger charge is 2.16. The number of hydrogen-bond acceptors (Lipinski definition) is 5. The highest BCUT2D eigenvalue weighted by Crippen LogP contribution is 2.15. The van der Waals surface area contributed by atoms with Crippen molar-refractivity contribution in [2.75, 3.05) is 11.9 Å². The average molecular weight is 248 g/mol. The molecule has 0 unspecified atom stereocenters. The zero-order valence-corrected chi connectivity index (χ0v) is 10.1. The molecule has 0 spiro atoms. The molecule has 2 aromatic rings. The summed E-state index contributed by atoms with van der Waals surface area (Å²) in [5.74, 6) is -0.146. The van der Waals surface area contributed by atoms with Gasteiger partial charge in [0.05, 0.1) is 0 Å². The number of rotatable bonds is 3. The number of carbonyl (C=O) groups excluding carboxylic acids is 1. The molecule has 0 aliphatic rings. The molecule has 0 fully saturated rings. The third kappa shape index (κ3) is 2.48. The Balaban J connectivity index is 2.20. The van der Waals surface area contributed by atoms with Crippen molar-refractivity contribution in [3.05, 3.63) is 40.6 Å². The van der Waals surface area contributed by atoms with Gasteiger partial charge in [-0.2, -0.15) is 0 Å². The summed E-state index contributed by atoms with van der Waals surface area (Å²) in [5, 5.41) is 2.49. The Hall–Kier alpha value is -1.79. The van der Waals surface area contributed by atoms with E-state index in [1.807, 2.05) is 0 Å². The first-order chi connectivity index (χ1) is 8.22. The number of nitrogens with two attached hydrogens (primary N) is 1. The van der Waals surface area contributed by atoms with E-state index in [1.165, 1.54) is 16.2 Å². The highest BCUT2D eigenvalue weighted by molar-refractivity contribution is 7.09. The van der Waals surface area contributed by atoms with Crippen molar-refractivity contribution < 1.29 is 4.79 Å². The molecule has 5 nitrogen and oxygen atoms in total. The number of aromatic nitrogens is 2. The van der Waals surface area contributed by atoms with Gasteiger partial charge in [0.25, 0.3) is 5.91 Å².